The van der Waals surface area contributed by atoms with Crippen LogP contribution in [0.4, 0.5) is 4.79 Å². The van der Waals surface area contributed by atoms with Crippen molar-refractivity contribution < 1.29 is 33.0 Å². The van der Waals surface area contributed by atoms with Crippen molar-refractivity contribution in [1.29, 1.82) is 0 Å². The molecule has 10 heteroatoms. The van der Waals surface area contributed by atoms with Crippen LogP contribution in [0.15, 0.2) is 39.9 Å². The molecular weight excluding hydrogens is 412 g/mol. The van der Waals surface area contributed by atoms with Crippen molar-refractivity contribution in [3.63, 3.8) is 0 Å². The van der Waals surface area contributed by atoms with Crippen molar-refractivity contribution in [2.75, 3.05) is 34.4 Å². The molecule has 0 saturated carbocycles. The maximum Gasteiger partial charge on any atom is 0.293 e. The van der Waals surface area contributed by atoms with E-state index in [1.165, 1.54) is 33.7 Å². The van der Waals surface area contributed by atoms with Crippen molar-refractivity contribution in [1.82, 2.24) is 10.2 Å². The SMILES string of the molecule is COc1cc(/C=C2\SC(=O)N(CCNC(=O)c3ccco3)C2=O)cc(OC)c1OC. The lowest BCUT2D eigenvalue weighted by Gasteiger charge is -2.13. The van der Waals surface area contributed by atoms with Gasteiger partial charge in [0.1, 0.15) is 0 Å². The van der Waals surface area contributed by atoms with Gasteiger partial charge in [-0.1, -0.05) is 0 Å². The highest BCUT2D eigenvalue weighted by atomic mass is 32.2. The molecule has 0 spiro atoms. The molecule has 0 unspecified atom stereocenters. The Labute approximate surface area is 176 Å². The largest absolute Gasteiger partial charge is 0.493 e. The first-order chi connectivity index (χ1) is 14.5. The molecule has 1 aromatic carbocycles. The van der Waals surface area contributed by atoms with E-state index in [-0.39, 0.29) is 23.8 Å². The molecule has 1 N–H and O–H groups in total. The molecule has 2 heterocycles. The molecule has 3 amide bonds. The van der Waals surface area contributed by atoms with Gasteiger partial charge in [0.15, 0.2) is 17.3 Å². The Hall–Kier alpha value is -3.40. The quantitative estimate of drug-likeness (QED) is 0.635. The van der Waals surface area contributed by atoms with E-state index in [2.05, 4.69) is 5.32 Å². The van der Waals surface area contributed by atoms with E-state index in [0.717, 1.165) is 16.7 Å². The first kappa shape index (κ1) is 21.3. The number of ether oxygens (including phenoxy) is 3. The predicted octanol–water partition coefficient (Wildman–Crippen LogP) is 2.77. The minimum Gasteiger partial charge on any atom is -0.493 e. The normalized spacial score (nSPS) is 14.9. The lowest BCUT2D eigenvalue weighted by Crippen LogP contribution is -2.37. The summed E-state index contributed by atoms with van der Waals surface area (Å²) in [5.41, 5.74) is 0.612. The predicted molar refractivity (Wildman–Crippen MR) is 110 cm³/mol. The third kappa shape index (κ3) is 4.43. The van der Waals surface area contributed by atoms with Gasteiger partial charge in [-0.3, -0.25) is 19.3 Å². The summed E-state index contributed by atoms with van der Waals surface area (Å²) < 4.78 is 20.9. The molecule has 0 bridgehead atoms. The summed E-state index contributed by atoms with van der Waals surface area (Å²) in [4.78, 5) is 38.1. The average Bonchev–Trinajstić information content (AvgIpc) is 3.37. The van der Waals surface area contributed by atoms with Crippen molar-refractivity contribution in [3.8, 4) is 17.2 Å². The van der Waals surface area contributed by atoms with Crippen LogP contribution in [-0.4, -0.2) is 56.4 Å². The van der Waals surface area contributed by atoms with Gasteiger partial charge in [-0.25, -0.2) is 0 Å². The van der Waals surface area contributed by atoms with E-state index in [1.807, 2.05) is 0 Å². The zero-order valence-electron chi connectivity index (χ0n) is 16.6. The van der Waals surface area contributed by atoms with Crippen molar-refractivity contribution in [2.24, 2.45) is 0 Å². The number of imide groups is 1. The highest BCUT2D eigenvalue weighted by molar-refractivity contribution is 8.18. The molecule has 3 rings (SSSR count). The highest BCUT2D eigenvalue weighted by Crippen LogP contribution is 2.40. The van der Waals surface area contributed by atoms with Crippen molar-refractivity contribution in [2.45, 2.75) is 0 Å². The molecule has 1 aliphatic heterocycles. The van der Waals surface area contributed by atoms with Crippen LogP contribution in [0.5, 0.6) is 17.2 Å². The molecule has 158 valence electrons. The Kier molecular flexibility index (Phi) is 6.68. The Balaban J connectivity index is 1.71. The maximum atomic E-state index is 12.7. The lowest BCUT2D eigenvalue weighted by molar-refractivity contribution is -0.122. The second-order valence-electron chi connectivity index (χ2n) is 6.03. The maximum absolute atomic E-state index is 12.7. The van der Waals surface area contributed by atoms with Gasteiger partial charge < -0.3 is 23.9 Å². The van der Waals surface area contributed by atoms with E-state index < -0.39 is 17.1 Å². The monoisotopic (exact) mass is 432 g/mol. The van der Waals surface area contributed by atoms with Gasteiger partial charge in [-0.15, -0.1) is 0 Å². The Morgan fingerprint density at radius 1 is 1.17 bits per heavy atom. The lowest BCUT2D eigenvalue weighted by atomic mass is 10.1. The van der Waals surface area contributed by atoms with Crippen molar-refractivity contribution in [3.05, 3.63) is 46.8 Å². The van der Waals surface area contributed by atoms with Gasteiger partial charge in [-0.2, -0.15) is 0 Å². The summed E-state index contributed by atoms with van der Waals surface area (Å²) in [6.45, 7) is 0.152. The zero-order valence-corrected chi connectivity index (χ0v) is 17.4. The van der Waals surface area contributed by atoms with Gasteiger partial charge in [0, 0.05) is 13.1 Å². The van der Waals surface area contributed by atoms with Gasteiger partial charge in [0.2, 0.25) is 5.75 Å². The number of thioether (sulfide) groups is 1. The Bertz CT molecular complexity index is 960. The van der Waals surface area contributed by atoms with Crippen LogP contribution in [-0.2, 0) is 4.79 Å². The van der Waals surface area contributed by atoms with Gasteiger partial charge in [0.05, 0.1) is 32.5 Å². The number of nitrogens with one attached hydrogen (secondary N) is 1. The van der Waals surface area contributed by atoms with Crippen LogP contribution in [0.2, 0.25) is 0 Å². The van der Waals surface area contributed by atoms with E-state index in [1.54, 1.807) is 24.3 Å². The summed E-state index contributed by atoms with van der Waals surface area (Å²) in [7, 11) is 4.48. The molecule has 2 aromatic rings. The first-order valence-electron chi connectivity index (χ1n) is 8.85. The minimum atomic E-state index is -0.439. The Morgan fingerprint density at radius 2 is 1.87 bits per heavy atom. The number of carbonyl (C=O) groups excluding carboxylic acids is 3. The second kappa shape index (κ2) is 9.40. The molecule has 9 nitrogen and oxygen atoms in total. The van der Waals surface area contributed by atoms with Gasteiger partial charge in [0.25, 0.3) is 17.1 Å². The third-order valence-electron chi connectivity index (χ3n) is 4.22. The highest BCUT2D eigenvalue weighted by Gasteiger charge is 2.34. The van der Waals surface area contributed by atoms with E-state index in [0.29, 0.717) is 22.8 Å². The number of nitrogens with zero attached hydrogens (tertiary/aromatic N) is 1. The fourth-order valence-corrected chi connectivity index (χ4v) is 3.67. The van der Waals surface area contributed by atoms with Crippen molar-refractivity contribution >= 4 is 34.9 Å². The number of benzene rings is 1. The standard InChI is InChI=1S/C20H20N2O7S/c1-26-14-9-12(10-15(27-2)17(14)28-3)11-16-19(24)22(20(25)30-16)7-6-21-18(23)13-5-4-8-29-13/h4-5,8-11H,6-7H2,1-3H3,(H,21,23)/b16-11-. The van der Waals surface area contributed by atoms with Crippen LogP contribution in [0.3, 0.4) is 0 Å². The van der Waals surface area contributed by atoms with E-state index in [4.69, 9.17) is 18.6 Å². The van der Waals surface area contributed by atoms with Crippen LogP contribution in [0.25, 0.3) is 6.08 Å². The number of methoxy groups -OCH3 is 3. The first-order valence-corrected chi connectivity index (χ1v) is 9.67. The zero-order chi connectivity index (χ0) is 21.7. The van der Waals surface area contributed by atoms with Crippen LogP contribution in [0.1, 0.15) is 16.1 Å². The number of amides is 3. The molecule has 1 aromatic heterocycles. The second-order valence-corrected chi connectivity index (χ2v) is 7.02. The molecule has 1 saturated heterocycles. The third-order valence-corrected chi connectivity index (χ3v) is 5.13. The molecule has 30 heavy (non-hydrogen) atoms. The summed E-state index contributed by atoms with van der Waals surface area (Å²) in [6.07, 6.45) is 2.97. The molecule has 0 aliphatic carbocycles. The number of rotatable bonds is 8. The van der Waals surface area contributed by atoms with Gasteiger partial charge in [-0.05, 0) is 47.7 Å². The number of hydrogen-bond acceptors (Lipinski definition) is 8. The number of hydrogen-bond donors (Lipinski definition) is 1. The minimum absolute atomic E-state index is 0.0453. The summed E-state index contributed by atoms with van der Waals surface area (Å²) in [5, 5.41) is 2.19. The molecule has 1 fully saturated rings. The number of furan rings is 1. The molecule has 0 radical (unpaired) electrons. The topological polar surface area (TPSA) is 107 Å². The molecule has 1 aliphatic rings. The fraction of sp³-hybridized carbons (Fsp3) is 0.250. The Morgan fingerprint density at radius 3 is 2.43 bits per heavy atom. The summed E-state index contributed by atoms with van der Waals surface area (Å²) in [6, 6.07) is 6.48. The summed E-state index contributed by atoms with van der Waals surface area (Å²) in [5.74, 6) is 0.598. The number of carbonyl (C=O) groups is 3. The van der Waals surface area contributed by atoms with Crippen LogP contribution < -0.4 is 19.5 Å². The average molecular weight is 432 g/mol. The van der Waals surface area contributed by atoms with Gasteiger partial charge >= 0.3 is 0 Å². The molecule has 0 atom stereocenters. The van der Waals surface area contributed by atoms with E-state index in [9.17, 15) is 14.4 Å². The summed E-state index contributed by atoms with van der Waals surface area (Å²) >= 11 is 0.825. The smallest absolute Gasteiger partial charge is 0.293 e. The van der Waals surface area contributed by atoms with Crippen LogP contribution in [0, 0.1) is 0 Å². The molecular formula is C20H20N2O7S. The fourth-order valence-electron chi connectivity index (χ4n) is 2.80. The van der Waals surface area contributed by atoms with Crippen LogP contribution >= 0.6 is 11.8 Å². The van der Waals surface area contributed by atoms with E-state index >= 15 is 0 Å².